The summed E-state index contributed by atoms with van der Waals surface area (Å²) in [6, 6.07) is 8.49. The first-order valence-corrected chi connectivity index (χ1v) is 7.17. The third-order valence-corrected chi connectivity index (χ3v) is 3.62. The predicted octanol–water partition coefficient (Wildman–Crippen LogP) is 2.69. The quantitative estimate of drug-likeness (QED) is 0.476. The number of hydrogen-bond donors (Lipinski definition) is 0. The van der Waals surface area contributed by atoms with E-state index < -0.39 is 4.92 Å². The van der Waals surface area contributed by atoms with Gasteiger partial charge in [-0.25, -0.2) is 0 Å². The van der Waals surface area contributed by atoms with E-state index in [0.29, 0.717) is 28.2 Å². The van der Waals surface area contributed by atoms with Gasteiger partial charge in [0, 0.05) is 29.7 Å². The molecule has 0 N–H and O–H groups in total. The van der Waals surface area contributed by atoms with Gasteiger partial charge in [-0.15, -0.1) is 0 Å². The Kier molecular flexibility index (Phi) is 3.99. The van der Waals surface area contributed by atoms with Crippen LogP contribution in [0.25, 0.3) is 0 Å². The van der Waals surface area contributed by atoms with E-state index in [2.05, 4.69) is 0 Å². The van der Waals surface area contributed by atoms with Gasteiger partial charge in [0.25, 0.3) is 5.69 Å². The maximum absolute atomic E-state index is 12.8. The Morgan fingerprint density at radius 2 is 1.75 bits per heavy atom. The number of fused-ring (bicyclic) bond motifs is 1. The summed E-state index contributed by atoms with van der Waals surface area (Å²) >= 11 is 0. The summed E-state index contributed by atoms with van der Waals surface area (Å²) in [7, 11) is 0. The van der Waals surface area contributed by atoms with Crippen molar-refractivity contribution < 1.29 is 24.0 Å². The molecule has 7 nitrogen and oxygen atoms in total. The van der Waals surface area contributed by atoms with E-state index >= 15 is 0 Å². The van der Waals surface area contributed by atoms with Gasteiger partial charge in [0.2, 0.25) is 6.79 Å². The Balaban J connectivity index is 2.01. The van der Waals surface area contributed by atoms with E-state index in [4.69, 9.17) is 9.47 Å². The molecule has 122 valence electrons. The first kappa shape index (κ1) is 15.7. The fourth-order valence-electron chi connectivity index (χ4n) is 2.50. The van der Waals surface area contributed by atoms with Gasteiger partial charge in [0.05, 0.1) is 4.92 Å². The standard InChI is InChI=1S/C17H13NO6/c1-10(19)6-12-7-15-16(24-9-23-15)8-14(12)17(20)11-2-4-13(5-3-11)18(21)22/h2-5,7-8H,6,9H2,1H3. The average molecular weight is 327 g/mol. The molecule has 1 aliphatic heterocycles. The highest BCUT2D eigenvalue weighted by Crippen LogP contribution is 2.36. The second kappa shape index (κ2) is 6.11. The molecule has 0 fully saturated rings. The fourth-order valence-corrected chi connectivity index (χ4v) is 2.50. The van der Waals surface area contributed by atoms with E-state index in [-0.39, 0.29) is 30.5 Å². The molecule has 2 aromatic carbocycles. The molecule has 2 aromatic rings. The Morgan fingerprint density at radius 1 is 1.12 bits per heavy atom. The lowest BCUT2D eigenvalue weighted by molar-refractivity contribution is -0.384. The van der Waals surface area contributed by atoms with Gasteiger partial charge in [-0.1, -0.05) is 0 Å². The summed E-state index contributed by atoms with van der Waals surface area (Å²) in [5.74, 6) is 0.505. The van der Waals surface area contributed by atoms with Gasteiger partial charge < -0.3 is 9.47 Å². The number of carbonyl (C=O) groups excluding carboxylic acids is 2. The van der Waals surface area contributed by atoms with Crippen molar-refractivity contribution in [1.82, 2.24) is 0 Å². The van der Waals surface area contributed by atoms with Crippen LogP contribution in [-0.2, 0) is 11.2 Å². The second-order valence-electron chi connectivity index (χ2n) is 5.37. The molecule has 1 heterocycles. The number of rotatable bonds is 5. The normalized spacial score (nSPS) is 12.0. The highest BCUT2D eigenvalue weighted by atomic mass is 16.7. The van der Waals surface area contributed by atoms with Gasteiger partial charge >= 0.3 is 0 Å². The Morgan fingerprint density at radius 3 is 2.33 bits per heavy atom. The summed E-state index contributed by atoms with van der Waals surface area (Å²) < 4.78 is 10.6. The molecule has 0 radical (unpaired) electrons. The van der Waals surface area contributed by atoms with Crippen molar-refractivity contribution in [3.63, 3.8) is 0 Å². The highest BCUT2D eigenvalue weighted by Gasteiger charge is 2.22. The Labute approximate surface area is 137 Å². The summed E-state index contributed by atoms with van der Waals surface area (Å²) in [6.07, 6.45) is 0.0880. The molecule has 7 heteroatoms. The summed E-state index contributed by atoms with van der Waals surface area (Å²) in [5.41, 5.74) is 1.06. The summed E-state index contributed by atoms with van der Waals surface area (Å²) in [4.78, 5) is 34.4. The molecule has 24 heavy (non-hydrogen) atoms. The van der Waals surface area contributed by atoms with Gasteiger partial charge in [-0.3, -0.25) is 19.7 Å². The van der Waals surface area contributed by atoms with Crippen molar-refractivity contribution in [2.45, 2.75) is 13.3 Å². The van der Waals surface area contributed by atoms with Crippen LogP contribution in [0.5, 0.6) is 11.5 Å². The molecule has 0 spiro atoms. The van der Waals surface area contributed by atoms with Crippen molar-refractivity contribution in [1.29, 1.82) is 0 Å². The van der Waals surface area contributed by atoms with E-state index in [1.165, 1.54) is 31.2 Å². The molecule has 1 aliphatic rings. The average Bonchev–Trinajstić information content (AvgIpc) is 3.00. The zero-order valence-corrected chi connectivity index (χ0v) is 12.8. The monoisotopic (exact) mass is 327 g/mol. The molecule has 0 aliphatic carbocycles. The van der Waals surface area contributed by atoms with E-state index in [9.17, 15) is 19.7 Å². The van der Waals surface area contributed by atoms with Crippen LogP contribution in [0.1, 0.15) is 28.4 Å². The van der Waals surface area contributed by atoms with Crippen molar-refractivity contribution in [2.75, 3.05) is 6.79 Å². The number of nitro groups is 1. The van der Waals surface area contributed by atoms with Crippen LogP contribution >= 0.6 is 0 Å². The number of ketones is 2. The number of carbonyl (C=O) groups is 2. The molecule has 0 saturated heterocycles. The first-order valence-electron chi connectivity index (χ1n) is 7.17. The molecule has 0 amide bonds. The molecule has 0 saturated carbocycles. The summed E-state index contributed by atoms with van der Waals surface area (Å²) in [5, 5.41) is 10.7. The number of nitrogens with zero attached hydrogens (tertiary/aromatic N) is 1. The number of Topliss-reactive ketones (excluding diaryl/α,β-unsaturated/α-hetero) is 1. The molecule has 0 aromatic heterocycles. The lowest BCUT2D eigenvalue weighted by Crippen LogP contribution is -2.08. The zero-order valence-electron chi connectivity index (χ0n) is 12.8. The predicted molar refractivity (Wildman–Crippen MR) is 83.5 cm³/mol. The van der Waals surface area contributed by atoms with E-state index in [1.54, 1.807) is 12.1 Å². The van der Waals surface area contributed by atoms with Crippen LogP contribution < -0.4 is 9.47 Å². The van der Waals surface area contributed by atoms with Crippen molar-refractivity contribution in [2.24, 2.45) is 0 Å². The number of ether oxygens (including phenoxy) is 2. The SMILES string of the molecule is CC(=O)Cc1cc2c(cc1C(=O)c1ccc([N+](=O)[O-])cc1)OCO2. The Hall–Kier alpha value is -3.22. The Bertz CT molecular complexity index is 841. The fraction of sp³-hybridized carbons (Fsp3) is 0.176. The topological polar surface area (TPSA) is 95.7 Å². The van der Waals surface area contributed by atoms with Gasteiger partial charge in [-0.2, -0.15) is 0 Å². The smallest absolute Gasteiger partial charge is 0.269 e. The van der Waals surface area contributed by atoms with Gasteiger partial charge in [0.15, 0.2) is 17.3 Å². The molecule has 0 atom stereocenters. The van der Waals surface area contributed by atoms with Crippen LogP contribution in [0.2, 0.25) is 0 Å². The molecular weight excluding hydrogens is 314 g/mol. The number of non-ortho nitro benzene ring substituents is 1. The van der Waals surface area contributed by atoms with Crippen molar-refractivity contribution in [3.05, 3.63) is 63.2 Å². The van der Waals surface area contributed by atoms with E-state index in [0.717, 1.165) is 0 Å². The van der Waals surface area contributed by atoms with Crippen LogP contribution in [0, 0.1) is 10.1 Å². The molecule has 3 rings (SSSR count). The minimum absolute atomic E-state index is 0.0595. The minimum Gasteiger partial charge on any atom is -0.454 e. The van der Waals surface area contributed by atoms with E-state index in [1.807, 2.05) is 0 Å². The van der Waals surface area contributed by atoms with Gasteiger partial charge in [0.1, 0.15) is 5.78 Å². The molecule has 0 unspecified atom stereocenters. The van der Waals surface area contributed by atoms with Crippen molar-refractivity contribution >= 4 is 17.3 Å². The second-order valence-corrected chi connectivity index (χ2v) is 5.37. The summed E-state index contributed by atoms with van der Waals surface area (Å²) in [6.45, 7) is 1.49. The first-order chi connectivity index (χ1) is 11.5. The third-order valence-electron chi connectivity index (χ3n) is 3.62. The van der Waals surface area contributed by atoms with Crippen LogP contribution in [-0.4, -0.2) is 23.3 Å². The maximum atomic E-state index is 12.8. The largest absolute Gasteiger partial charge is 0.454 e. The maximum Gasteiger partial charge on any atom is 0.269 e. The molecular formula is C17H13NO6. The van der Waals surface area contributed by atoms with Crippen LogP contribution in [0.15, 0.2) is 36.4 Å². The third kappa shape index (κ3) is 2.96. The van der Waals surface area contributed by atoms with Gasteiger partial charge in [-0.05, 0) is 36.8 Å². The van der Waals surface area contributed by atoms with Crippen LogP contribution in [0.3, 0.4) is 0 Å². The minimum atomic E-state index is -0.532. The number of nitro benzene ring substituents is 1. The van der Waals surface area contributed by atoms with Crippen molar-refractivity contribution in [3.8, 4) is 11.5 Å². The van der Waals surface area contributed by atoms with Crippen LogP contribution in [0.4, 0.5) is 5.69 Å². The lowest BCUT2D eigenvalue weighted by atomic mass is 9.95. The lowest BCUT2D eigenvalue weighted by Gasteiger charge is -2.09. The molecule has 0 bridgehead atoms. The number of hydrogen-bond acceptors (Lipinski definition) is 6. The highest BCUT2D eigenvalue weighted by molar-refractivity contribution is 6.11. The number of benzene rings is 2. The zero-order chi connectivity index (χ0) is 17.3.